The number of rotatable bonds is 6. The largest absolute Gasteiger partial charge is 0.444 e. The molecule has 0 saturated carbocycles. The summed E-state index contributed by atoms with van der Waals surface area (Å²) >= 11 is 6.56. The van der Waals surface area contributed by atoms with E-state index < -0.39 is 11.7 Å². The van der Waals surface area contributed by atoms with Crippen LogP contribution in [-0.2, 0) is 20.8 Å². The van der Waals surface area contributed by atoms with Crippen molar-refractivity contribution in [3.05, 3.63) is 41.3 Å². The molecule has 2 aliphatic heterocycles. The SMILES string of the molecule is CC(C)(C)OC(=O)N1CCC[C@@H](C(=O)Nc2cc(-c3cnc4c(C=O)cn(CC5CCOCC5)c4c3)c(Cl)cn2)C1. The van der Waals surface area contributed by atoms with Crippen LogP contribution in [0, 0.1) is 11.8 Å². The van der Waals surface area contributed by atoms with Gasteiger partial charge in [-0.1, -0.05) is 11.6 Å². The number of carbonyl (C=O) groups is 3. The maximum absolute atomic E-state index is 13.2. The molecule has 0 radical (unpaired) electrons. The fraction of sp³-hybridized carbons (Fsp3) is 0.500. The van der Waals surface area contributed by atoms with Crippen molar-refractivity contribution in [3.8, 4) is 11.1 Å². The van der Waals surface area contributed by atoms with Crippen LogP contribution >= 0.6 is 11.6 Å². The number of aromatic nitrogens is 3. The quantitative estimate of drug-likeness (QED) is 0.378. The molecule has 3 aromatic heterocycles. The van der Waals surface area contributed by atoms with Crippen LogP contribution in [0.4, 0.5) is 10.6 Å². The van der Waals surface area contributed by atoms with Crippen LogP contribution in [0.2, 0.25) is 5.02 Å². The molecule has 3 aromatic rings. The molecule has 1 atom stereocenters. The second-order valence-corrected chi connectivity index (χ2v) is 12.2. The molecule has 5 rings (SSSR count). The van der Waals surface area contributed by atoms with E-state index in [2.05, 4.69) is 19.9 Å². The van der Waals surface area contributed by atoms with Crippen molar-refractivity contribution in [3.63, 3.8) is 0 Å². The van der Waals surface area contributed by atoms with Crippen LogP contribution in [0.5, 0.6) is 0 Å². The van der Waals surface area contributed by atoms with Gasteiger partial charge in [-0.05, 0) is 64.5 Å². The molecule has 0 bridgehead atoms. The number of carbonyl (C=O) groups excluding carboxylic acids is 3. The van der Waals surface area contributed by atoms with Gasteiger partial charge in [-0.2, -0.15) is 0 Å². The highest BCUT2D eigenvalue weighted by atomic mass is 35.5. The van der Waals surface area contributed by atoms with Crippen molar-refractivity contribution in [1.82, 2.24) is 19.4 Å². The number of piperidine rings is 1. The smallest absolute Gasteiger partial charge is 0.410 e. The van der Waals surface area contributed by atoms with E-state index in [4.69, 9.17) is 21.1 Å². The molecule has 2 aliphatic rings. The molecule has 218 valence electrons. The van der Waals surface area contributed by atoms with Crippen LogP contribution < -0.4 is 5.32 Å². The van der Waals surface area contributed by atoms with Gasteiger partial charge >= 0.3 is 6.09 Å². The minimum Gasteiger partial charge on any atom is -0.444 e. The number of fused-ring (bicyclic) bond motifs is 1. The molecule has 41 heavy (non-hydrogen) atoms. The predicted octanol–water partition coefficient (Wildman–Crippen LogP) is 5.58. The van der Waals surface area contributed by atoms with E-state index >= 15 is 0 Å². The van der Waals surface area contributed by atoms with E-state index in [1.165, 1.54) is 6.20 Å². The molecule has 2 saturated heterocycles. The number of pyridine rings is 2. The Morgan fingerprint density at radius 3 is 2.68 bits per heavy atom. The first-order chi connectivity index (χ1) is 19.6. The van der Waals surface area contributed by atoms with E-state index in [0.29, 0.717) is 52.8 Å². The lowest BCUT2D eigenvalue weighted by atomic mass is 9.97. The number of aldehydes is 1. The summed E-state index contributed by atoms with van der Waals surface area (Å²) in [5.74, 6) is 0.217. The van der Waals surface area contributed by atoms with Gasteiger partial charge in [0.15, 0.2) is 6.29 Å². The van der Waals surface area contributed by atoms with Crippen molar-refractivity contribution in [2.45, 2.75) is 58.6 Å². The van der Waals surface area contributed by atoms with E-state index in [0.717, 1.165) is 50.0 Å². The molecule has 2 fully saturated rings. The molecule has 11 heteroatoms. The molecule has 5 heterocycles. The summed E-state index contributed by atoms with van der Waals surface area (Å²) < 4.78 is 13.1. The van der Waals surface area contributed by atoms with Crippen molar-refractivity contribution in [1.29, 1.82) is 0 Å². The molecular weight excluding hydrogens is 546 g/mol. The number of likely N-dealkylation sites (tertiary alicyclic amines) is 1. The normalized spacial score (nSPS) is 18.3. The number of anilines is 1. The highest BCUT2D eigenvalue weighted by molar-refractivity contribution is 6.33. The van der Waals surface area contributed by atoms with E-state index in [1.807, 2.05) is 33.0 Å². The fourth-order valence-corrected chi connectivity index (χ4v) is 5.64. The van der Waals surface area contributed by atoms with Gasteiger partial charge in [-0.25, -0.2) is 9.78 Å². The van der Waals surface area contributed by atoms with Crippen LogP contribution in [0.15, 0.2) is 30.7 Å². The van der Waals surface area contributed by atoms with Gasteiger partial charge in [-0.15, -0.1) is 0 Å². The average molecular weight is 582 g/mol. The van der Waals surface area contributed by atoms with Crippen LogP contribution in [0.1, 0.15) is 56.8 Å². The number of hydrogen-bond acceptors (Lipinski definition) is 7. The van der Waals surface area contributed by atoms with Gasteiger partial charge in [0, 0.05) is 62.6 Å². The van der Waals surface area contributed by atoms with Crippen LogP contribution in [-0.4, -0.2) is 69.6 Å². The number of nitrogens with one attached hydrogen (secondary N) is 1. The molecule has 0 aromatic carbocycles. The number of amides is 2. The van der Waals surface area contributed by atoms with Gasteiger partial charge in [0.25, 0.3) is 0 Å². The standard InChI is InChI=1S/C30H36ClN5O5/c1-30(2,3)41-29(39)35-8-4-5-20(16-35)28(38)34-26-12-23(24(31)14-32-26)21-11-25-27(33-13-21)22(18-37)17-36(25)15-19-6-9-40-10-7-19/h11-14,17-20H,4-10,15-16H2,1-3H3,(H,32,34,38)/t20-/m1/s1. The van der Waals surface area contributed by atoms with Gasteiger partial charge in [0.2, 0.25) is 5.91 Å². The maximum Gasteiger partial charge on any atom is 0.410 e. The minimum absolute atomic E-state index is 0.214. The van der Waals surface area contributed by atoms with Crippen molar-refractivity contribution in [2.75, 3.05) is 31.6 Å². The third kappa shape index (κ3) is 6.87. The average Bonchev–Trinajstić information content (AvgIpc) is 3.30. The Kier molecular flexibility index (Phi) is 8.60. The molecule has 2 amide bonds. The van der Waals surface area contributed by atoms with Crippen molar-refractivity contribution >= 4 is 46.7 Å². The highest BCUT2D eigenvalue weighted by Gasteiger charge is 2.31. The summed E-state index contributed by atoms with van der Waals surface area (Å²) in [6, 6.07) is 3.70. The lowest BCUT2D eigenvalue weighted by molar-refractivity contribution is -0.121. The maximum atomic E-state index is 13.2. The van der Waals surface area contributed by atoms with Gasteiger partial charge in [0.05, 0.1) is 27.5 Å². The summed E-state index contributed by atoms with van der Waals surface area (Å²) in [4.78, 5) is 48.0. The van der Waals surface area contributed by atoms with Crippen LogP contribution in [0.25, 0.3) is 22.2 Å². The number of hydrogen-bond donors (Lipinski definition) is 1. The lowest BCUT2D eigenvalue weighted by Crippen LogP contribution is -2.45. The second-order valence-electron chi connectivity index (χ2n) is 11.8. The highest BCUT2D eigenvalue weighted by Crippen LogP contribution is 2.33. The Labute approximate surface area is 244 Å². The van der Waals surface area contributed by atoms with Crippen molar-refractivity contribution < 1.29 is 23.9 Å². The Bertz CT molecular complexity index is 1440. The Balaban J connectivity index is 1.35. The first kappa shape index (κ1) is 29.0. The van der Waals surface area contributed by atoms with E-state index in [9.17, 15) is 14.4 Å². The number of halogens is 1. The Morgan fingerprint density at radius 1 is 1.17 bits per heavy atom. The lowest BCUT2D eigenvalue weighted by Gasteiger charge is -2.33. The summed E-state index contributed by atoms with van der Waals surface area (Å²) in [5, 5.41) is 3.31. The topological polar surface area (TPSA) is 116 Å². The fourth-order valence-electron chi connectivity index (χ4n) is 5.42. The monoisotopic (exact) mass is 581 g/mol. The van der Waals surface area contributed by atoms with E-state index in [-0.39, 0.29) is 18.4 Å². The van der Waals surface area contributed by atoms with Crippen LogP contribution in [0.3, 0.4) is 0 Å². The number of ether oxygens (including phenoxy) is 2. The zero-order chi connectivity index (χ0) is 29.1. The first-order valence-corrected chi connectivity index (χ1v) is 14.5. The first-order valence-electron chi connectivity index (χ1n) is 14.1. The van der Waals surface area contributed by atoms with Gasteiger partial charge in [0.1, 0.15) is 11.4 Å². The summed E-state index contributed by atoms with van der Waals surface area (Å²) in [7, 11) is 0. The third-order valence-electron chi connectivity index (χ3n) is 7.53. The Morgan fingerprint density at radius 2 is 1.95 bits per heavy atom. The molecule has 0 spiro atoms. The molecule has 1 N–H and O–H groups in total. The second kappa shape index (κ2) is 12.2. The molecule has 10 nitrogen and oxygen atoms in total. The Hall–Kier alpha value is -3.50. The van der Waals surface area contributed by atoms with E-state index in [1.54, 1.807) is 17.2 Å². The van der Waals surface area contributed by atoms with Crippen molar-refractivity contribution in [2.24, 2.45) is 11.8 Å². The number of nitrogens with zero attached hydrogens (tertiary/aromatic N) is 4. The summed E-state index contributed by atoms with van der Waals surface area (Å²) in [6.45, 7) is 8.56. The van der Waals surface area contributed by atoms with Gasteiger partial charge in [-0.3, -0.25) is 14.6 Å². The molecule has 0 aliphatic carbocycles. The summed E-state index contributed by atoms with van der Waals surface area (Å²) in [5.41, 5.74) is 2.84. The minimum atomic E-state index is -0.602. The summed E-state index contributed by atoms with van der Waals surface area (Å²) in [6.07, 6.45) is 8.77. The molecule has 0 unspecified atom stereocenters. The predicted molar refractivity (Wildman–Crippen MR) is 156 cm³/mol. The zero-order valence-electron chi connectivity index (χ0n) is 23.7. The third-order valence-corrected chi connectivity index (χ3v) is 7.83. The molecular formula is C30H36ClN5O5. The van der Waals surface area contributed by atoms with Gasteiger partial charge < -0.3 is 24.3 Å². The zero-order valence-corrected chi connectivity index (χ0v) is 24.4.